The van der Waals surface area contributed by atoms with E-state index in [-0.39, 0.29) is 0 Å². The molecule has 6 heteroatoms. The first-order valence-electron chi connectivity index (χ1n) is 21.1. The SMILES string of the molecule is c1ccc(-c2nc(-c3ccc(-c4c(-c5ccc(-n6c7ccccc7c7ccccc76)cc5)ccc5oc6ccccc6c45)cc3)nc(-c3cccc4c3oc3ccccc34)n2)cc1. The van der Waals surface area contributed by atoms with Gasteiger partial charge in [0.2, 0.25) is 0 Å². The largest absolute Gasteiger partial charge is 0.456 e. The van der Waals surface area contributed by atoms with E-state index in [1.165, 1.54) is 21.8 Å². The van der Waals surface area contributed by atoms with E-state index in [0.717, 1.165) is 88.5 Å². The number of nitrogens with zero attached hydrogens (tertiary/aromatic N) is 4. The Kier molecular flexibility index (Phi) is 7.80. The fraction of sp³-hybridized carbons (Fsp3) is 0. The van der Waals surface area contributed by atoms with Crippen LogP contribution in [0.5, 0.6) is 0 Å². The van der Waals surface area contributed by atoms with E-state index >= 15 is 0 Å². The molecule has 0 fully saturated rings. The van der Waals surface area contributed by atoms with Crippen LogP contribution in [0.25, 0.3) is 128 Å². The molecule has 4 heterocycles. The van der Waals surface area contributed by atoms with Gasteiger partial charge in [-0.1, -0.05) is 158 Å². The average molecular weight is 807 g/mol. The molecule has 0 saturated carbocycles. The van der Waals surface area contributed by atoms with Gasteiger partial charge in [0.1, 0.15) is 22.3 Å². The summed E-state index contributed by atoms with van der Waals surface area (Å²) in [5.41, 5.74) is 13.7. The monoisotopic (exact) mass is 806 g/mol. The van der Waals surface area contributed by atoms with Crippen LogP contribution >= 0.6 is 0 Å². The van der Waals surface area contributed by atoms with Crippen LogP contribution in [-0.4, -0.2) is 19.5 Å². The molecular formula is C57H34N4O2. The third kappa shape index (κ3) is 5.62. The van der Waals surface area contributed by atoms with Crippen molar-refractivity contribution in [3.05, 3.63) is 206 Å². The Bertz CT molecular complexity index is 3850. The van der Waals surface area contributed by atoms with Gasteiger partial charge in [-0.15, -0.1) is 0 Å². The maximum Gasteiger partial charge on any atom is 0.167 e. The van der Waals surface area contributed by atoms with Crippen molar-refractivity contribution in [2.24, 2.45) is 0 Å². The van der Waals surface area contributed by atoms with E-state index < -0.39 is 0 Å². The van der Waals surface area contributed by atoms with Crippen LogP contribution in [0.1, 0.15) is 0 Å². The highest BCUT2D eigenvalue weighted by molar-refractivity contribution is 6.16. The fourth-order valence-electron chi connectivity index (χ4n) is 9.40. The van der Waals surface area contributed by atoms with Crippen LogP contribution < -0.4 is 0 Å². The number of benzene rings is 9. The van der Waals surface area contributed by atoms with Crippen molar-refractivity contribution in [2.75, 3.05) is 0 Å². The smallest absolute Gasteiger partial charge is 0.167 e. The summed E-state index contributed by atoms with van der Waals surface area (Å²) in [5, 5.41) is 6.72. The number of fused-ring (bicyclic) bond motifs is 9. The maximum atomic E-state index is 6.47. The van der Waals surface area contributed by atoms with E-state index in [4.69, 9.17) is 23.8 Å². The van der Waals surface area contributed by atoms with Gasteiger partial charge in [-0.3, -0.25) is 0 Å². The van der Waals surface area contributed by atoms with Gasteiger partial charge in [-0.2, -0.15) is 0 Å². The van der Waals surface area contributed by atoms with Crippen molar-refractivity contribution in [1.29, 1.82) is 0 Å². The first kappa shape index (κ1) is 35.2. The van der Waals surface area contributed by atoms with Crippen molar-refractivity contribution < 1.29 is 8.83 Å². The van der Waals surface area contributed by atoms with Gasteiger partial charge in [0, 0.05) is 54.7 Å². The summed E-state index contributed by atoms with van der Waals surface area (Å²) in [7, 11) is 0. The molecule has 0 atom stereocenters. The van der Waals surface area contributed by atoms with Crippen LogP contribution in [0, 0.1) is 0 Å². The number of furan rings is 2. The molecule has 9 aromatic carbocycles. The lowest BCUT2D eigenvalue weighted by Gasteiger charge is -2.14. The third-order valence-electron chi connectivity index (χ3n) is 12.3. The minimum atomic E-state index is 0.550. The molecule has 13 rings (SSSR count). The summed E-state index contributed by atoms with van der Waals surface area (Å²) in [6.45, 7) is 0. The van der Waals surface area contributed by atoms with Gasteiger partial charge in [-0.05, 0) is 65.2 Å². The number of rotatable bonds is 6. The van der Waals surface area contributed by atoms with Gasteiger partial charge in [0.15, 0.2) is 17.5 Å². The summed E-state index contributed by atoms with van der Waals surface area (Å²) >= 11 is 0. The molecule has 0 N–H and O–H groups in total. The van der Waals surface area contributed by atoms with Crippen LogP contribution in [0.4, 0.5) is 0 Å². The maximum absolute atomic E-state index is 6.47. The van der Waals surface area contributed by atoms with E-state index in [1.807, 2.05) is 72.8 Å². The van der Waals surface area contributed by atoms with Crippen molar-refractivity contribution in [3.63, 3.8) is 0 Å². The Labute approximate surface area is 361 Å². The van der Waals surface area contributed by atoms with Crippen LogP contribution in [-0.2, 0) is 0 Å². The average Bonchev–Trinajstić information content (AvgIpc) is 4.04. The zero-order valence-electron chi connectivity index (χ0n) is 33.7. The normalized spacial score (nSPS) is 11.8. The van der Waals surface area contributed by atoms with Crippen LogP contribution in [0.15, 0.2) is 215 Å². The van der Waals surface area contributed by atoms with E-state index in [2.05, 4.69) is 138 Å². The zero-order chi connectivity index (χ0) is 41.4. The van der Waals surface area contributed by atoms with Gasteiger partial charge >= 0.3 is 0 Å². The molecule has 63 heavy (non-hydrogen) atoms. The van der Waals surface area contributed by atoms with E-state index in [9.17, 15) is 0 Å². The Morgan fingerprint density at radius 1 is 0.317 bits per heavy atom. The molecule has 0 unspecified atom stereocenters. The molecule has 0 aliphatic rings. The number of hydrogen-bond acceptors (Lipinski definition) is 5. The van der Waals surface area contributed by atoms with Crippen molar-refractivity contribution in [2.45, 2.75) is 0 Å². The molecule has 0 spiro atoms. The minimum absolute atomic E-state index is 0.550. The van der Waals surface area contributed by atoms with E-state index in [1.54, 1.807) is 0 Å². The number of aromatic nitrogens is 4. The Morgan fingerprint density at radius 2 is 0.857 bits per heavy atom. The Balaban J connectivity index is 0.957. The molecule has 0 aliphatic carbocycles. The molecule has 4 aromatic heterocycles. The zero-order valence-corrected chi connectivity index (χ0v) is 33.7. The summed E-state index contributed by atoms with van der Waals surface area (Å²) in [6, 6.07) is 71.6. The topological polar surface area (TPSA) is 69.9 Å². The molecule has 0 aliphatic heterocycles. The quantitative estimate of drug-likeness (QED) is 0.167. The van der Waals surface area contributed by atoms with E-state index in [0.29, 0.717) is 17.5 Å². The highest BCUT2D eigenvalue weighted by Gasteiger charge is 2.21. The lowest BCUT2D eigenvalue weighted by atomic mass is 9.90. The summed E-state index contributed by atoms with van der Waals surface area (Å²) < 4.78 is 15.3. The minimum Gasteiger partial charge on any atom is -0.456 e. The first-order chi connectivity index (χ1) is 31.2. The Hall–Kier alpha value is -8.61. The van der Waals surface area contributed by atoms with Gasteiger partial charge in [0.05, 0.1) is 16.6 Å². The standard InChI is InChI=1S/C57H34N4O2/c1-2-13-37(14-3-1)55-58-56(60-57(59-55)46-20-12-19-44-43-17-6-10-23-49(43)63-54(44)46)38-27-25-36(26-28-38)52-40(33-34-51-53(52)45-18-7-11-24-50(45)62-51)35-29-31-39(32-30-35)61-47-21-8-4-15-41(47)42-16-5-9-22-48(42)61/h1-34H. The summed E-state index contributed by atoms with van der Waals surface area (Å²) in [5.74, 6) is 1.72. The predicted octanol–water partition coefficient (Wildman–Crippen LogP) is 15.1. The van der Waals surface area contributed by atoms with Gasteiger partial charge in [0.25, 0.3) is 0 Å². The summed E-state index contributed by atoms with van der Waals surface area (Å²) in [4.78, 5) is 15.3. The molecule has 0 bridgehead atoms. The molecule has 294 valence electrons. The highest BCUT2D eigenvalue weighted by Crippen LogP contribution is 2.44. The molecule has 0 amide bonds. The van der Waals surface area contributed by atoms with Crippen molar-refractivity contribution in [1.82, 2.24) is 19.5 Å². The molecule has 6 nitrogen and oxygen atoms in total. The molecule has 0 radical (unpaired) electrons. The Morgan fingerprint density at radius 3 is 1.57 bits per heavy atom. The van der Waals surface area contributed by atoms with Crippen molar-refractivity contribution >= 4 is 65.7 Å². The molecular weight excluding hydrogens is 773 g/mol. The second-order valence-electron chi connectivity index (χ2n) is 15.9. The fourth-order valence-corrected chi connectivity index (χ4v) is 9.40. The van der Waals surface area contributed by atoms with Gasteiger partial charge in [-0.25, -0.2) is 15.0 Å². The third-order valence-corrected chi connectivity index (χ3v) is 12.3. The van der Waals surface area contributed by atoms with Gasteiger partial charge < -0.3 is 13.4 Å². The van der Waals surface area contributed by atoms with Crippen LogP contribution in [0.2, 0.25) is 0 Å². The molecule has 0 saturated heterocycles. The lowest BCUT2D eigenvalue weighted by molar-refractivity contribution is 0.669. The number of hydrogen-bond donors (Lipinski definition) is 0. The van der Waals surface area contributed by atoms with Crippen molar-refractivity contribution in [3.8, 4) is 62.1 Å². The van der Waals surface area contributed by atoms with Crippen LogP contribution in [0.3, 0.4) is 0 Å². The predicted molar refractivity (Wildman–Crippen MR) is 256 cm³/mol. The summed E-state index contributed by atoms with van der Waals surface area (Å²) in [6.07, 6.45) is 0. The second kappa shape index (κ2) is 14.0. The molecule has 13 aromatic rings. The lowest BCUT2D eigenvalue weighted by Crippen LogP contribution is -2.00. The number of para-hydroxylation sites is 5. The highest BCUT2D eigenvalue weighted by atomic mass is 16.3. The second-order valence-corrected chi connectivity index (χ2v) is 15.9. The first-order valence-corrected chi connectivity index (χ1v) is 21.1.